The number of hydrogen-bond donors (Lipinski definition) is 1. The molecule has 0 aliphatic rings. The summed E-state index contributed by atoms with van der Waals surface area (Å²) in [6.45, 7) is 1.67. The number of benzene rings is 1. The van der Waals surface area contributed by atoms with Crippen LogP contribution >= 0.6 is 15.9 Å². The summed E-state index contributed by atoms with van der Waals surface area (Å²) >= 11 is 3.40. The number of aliphatic hydroxyl groups excluding tert-OH is 1. The summed E-state index contributed by atoms with van der Waals surface area (Å²) < 4.78 is 23.9. The highest BCUT2D eigenvalue weighted by Crippen LogP contribution is 2.17. The summed E-state index contributed by atoms with van der Waals surface area (Å²) in [7, 11) is -2.95. The smallest absolute Gasteiger partial charge is 0.150 e. The van der Waals surface area contributed by atoms with E-state index in [4.69, 9.17) is 0 Å². The molecule has 18 heavy (non-hydrogen) atoms. The van der Waals surface area contributed by atoms with E-state index >= 15 is 0 Å². The van der Waals surface area contributed by atoms with E-state index < -0.39 is 9.84 Å². The summed E-state index contributed by atoms with van der Waals surface area (Å²) in [5.41, 5.74) is 1.11. The van der Waals surface area contributed by atoms with Crippen molar-refractivity contribution in [2.45, 2.75) is 19.8 Å². The van der Waals surface area contributed by atoms with Crippen LogP contribution in [0.15, 0.2) is 28.7 Å². The average molecular weight is 335 g/mol. The highest BCUT2D eigenvalue weighted by atomic mass is 79.9. The first kappa shape index (κ1) is 15.7. The van der Waals surface area contributed by atoms with E-state index in [2.05, 4.69) is 15.9 Å². The molecule has 3 nitrogen and oxygen atoms in total. The monoisotopic (exact) mass is 334 g/mol. The fraction of sp³-hybridized carbons (Fsp3) is 0.538. The van der Waals surface area contributed by atoms with Gasteiger partial charge in [-0.05, 0) is 36.5 Å². The molecule has 0 amide bonds. The zero-order valence-corrected chi connectivity index (χ0v) is 12.9. The summed E-state index contributed by atoms with van der Waals surface area (Å²) in [5, 5.41) is 9.32. The molecule has 0 heterocycles. The Morgan fingerprint density at radius 2 is 2.11 bits per heavy atom. The second-order valence-electron chi connectivity index (χ2n) is 4.41. The lowest BCUT2D eigenvalue weighted by Crippen LogP contribution is -2.17. The molecule has 0 aliphatic heterocycles. The third-order valence-corrected chi connectivity index (χ3v) is 5.18. The van der Waals surface area contributed by atoms with E-state index in [1.807, 2.05) is 24.3 Å². The minimum Gasteiger partial charge on any atom is -0.396 e. The van der Waals surface area contributed by atoms with Crippen LogP contribution in [0.5, 0.6) is 0 Å². The minimum absolute atomic E-state index is 0.000579. The Kier molecular flexibility index (Phi) is 6.32. The summed E-state index contributed by atoms with van der Waals surface area (Å²) in [5.74, 6) is 0.325. The van der Waals surface area contributed by atoms with Gasteiger partial charge in [0.1, 0.15) is 9.84 Å². The first-order valence-electron chi connectivity index (χ1n) is 6.02. The molecule has 102 valence electrons. The Hall–Kier alpha value is -0.390. The fourth-order valence-electron chi connectivity index (χ4n) is 1.75. The molecule has 0 saturated heterocycles. The molecule has 1 atom stereocenters. The zero-order chi connectivity index (χ0) is 13.6. The molecule has 0 spiro atoms. The normalized spacial score (nSPS) is 13.5. The molecule has 0 aliphatic carbocycles. The van der Waals surface area contributed by atoms with Crippen molar-refractivity contribution < 1.29 is 13.5 Å². The van der Waals surface area contributed by atoms with Gasteiger partial charge in [-0.15, -0.1) is 0 Å². The van der Waals surface area contributed by atoms with Crippen molar-refractivity contribution >= 4 is 25.8 Å². The van der Waals surface area contributed by atoms with E-state index in [-0.39, 0.29) is 24.0 Å². The van der Waals surface area contributed by atoms with Gasteiger partial charge >= 0.3 is 0 Å². The van der Waals surface area contributed by atoms with Gasteiger partial charge in [-0.1, -0.05) is 35.0 Å². The van der Waals surface area contributed by atoms with Gasteiger partial charge < -0.3 is 5.11 Å². The fourth-order valence-corrected chi connectivity index (χ4v) is 3.17. The quantitative estimate of drug-likeness (QED) is 0.833. The number of sulfone groups is 1. The molecule has 0 bridgehead atoms. The van der Waals surface area contributed by atoms with Crippen molar-refractivity contribution in [3.8, 4) is 0 Å². The van der Waals surface area contributed by atoms with Crippen molar-refractivity contribution in [2.75, 3.05) is 18.1 Å². The number of halogens is 1. The summed E-state index contributed by atoms with van der Waals surface area (Å²) in [6, 6.07) is 7.87. The third-order valence-electron chi connectivity index (χ3n) is 2.95. The lowest BCUT2D eigenvalue weighted by molar-refractivity contribution is 0.222. The molecule has 5 heteroatoms. The largest absolute Gasteiger partial charge is 0.396 e. The molecule has 0 fully saturated rings. The van der Waals surface area contributed by atoms with Crippen LogP contribution < -0.4 is 0 Å². The molecule has 1 aromatic carbocycles. The predicted molar refractivity (Wildman–Crippen MR) is 77.4 cm³/mol. The molecule has 1 unspecified atom stereocenters. The maximum Gasteiger partial charge on any atom is 0.150 e. The molecule has 0 radical (unpaired) electrons. The molecular formula is C13H19BrO3S. The first-order chi connectivity index (χ1) is 8.46. The van der Waals surface area contributed by atoms with Crippen molar-refractivity contribution in [3.05, 3.63) is 34.3 Å². The van der Waals surface area contributed by atoms with E-state index in [0.717, 1.165) is 10.0 Å². The van der Waals surface area contributed by atoms with Gasteiger partial charge in [-0.25, -0.2) is 8.42 Å². The molecule has 1 rings (SSSR count). The Bertz CT molecular complexity index is 471. The first-order valence-corrected chi connectivity index (χ1v) is 8.64. The summed E-state index contributed by atoms with van der Waals surface area (Å²) in [6.07, 6.45) is 1.22. The van der Waals surface area contributed by atoms with Crippen molar-refractivity contribution in [1.29, 1.82) is 0 Å². The highest BCUT2D eigenvalue weighted by Gasteiger charge is 2.14. The Morgan fingerprint density at radius 1 is 1.39 bits per heavy atom. The molecule has 1 aromatic rings. The van der Waals surface area contributed by atoms with E-state index in [1.165, 1.54) is 0 Å². The zero-order valence-electron chi connectivity index (χ0n) is 10.5. The maximum atomic E-state index is 11.4. The molecule has 0 saturated carbocycles. The van der Waals surface area contributed by atoms with E-state index in [0.29, 0.717) is 12.8 Å². The van der Waals surface area contributed by atoms with Crippen LogP contribution in [0.25, 0.3) is 0 Å². The van der Waals surface area contributed by atoms with Crippen LogP contribution in [0, 0.1) is 5.92 Å². The number of hydrogen-bond acceptors (Lipinski definition) is 3. The number of rotatable bonds is 7. The van der Waals surface area contributed by atoms with Crippen LogP contribution in [-0.4, -0.2) is 31.6 Å². The van der Waals surface area contributed by atoms with Gasteiger partial charge in [-0.3, -0.25) is 0 Å². The van der Waals surface area contributed by atoms with Crippen LogP contribution in [0.1, 0.15) is 18.9 Å². The van der Waals surface area contributed by atoms with Crippen LogP contribution in [0.3, 0.4) is 0 Å². The number of aliphatic hydroxyl groups is 1. The topological polar surface area (TPSA) is 54.4 Å². The lowest BCUT2D eigenvalue weighted by atomic mass is 9.98. The van der Waals surface area contributed by atoms with Crippen LogP contribution in [0.2, 0.25) is 0 Å². The Labute approximate surface area is 117 Å². The predicted octanol–water partition coefficient (Wildman–Crippen LogP) is 2.42. The van der Waals surface area contributed by atoms with Crippen LogP contribution in [-0.2, 0) is 16.3 Å². The standard InChI is InChI=1S/C13H19BrO3S/c1-2-18(16,17)7-6-12(10-15)8-11-4-3-5-13(14)9-11/h3-5,9,12,15H,2,6-8,10H2,1H3. The van der Waals surface area contributed by atoms with Crippen LogP contribution in [0.4, 0.5) is 0 Å². The molecule has 1 N–H and O–H groups in total. The second kappa shape index (κ2) is 7.26. The Balaban J connectivity index is 2.57. The van der Waals surface area contributed by atoms with Gasteiger partial charge in [0.15, 0.2) is 0 Å². The molecule has 0 aromatic heterocycles. The summed E-state index contributed by atoms with van der Waals surface area (Å²) in [4.78, 5) is 0. The highest BCUT2D eigenvalue weighted by molar-refractivity contribution is 9.10. The Morgan fingerprint density at radius 3 is 2.67 bits per heavy atom. The van der Waals surface area contributed by atoms with Gasteiger partial charge in [0.05, 0.1) is 5.75 Å². The van der Waals surface area contributed by atoms with Gasteiger partial charge in [0.2, 0.25) is 0 Å². The van der Waals surface area contributed by atoms with Gasteiger partial charge in [0, 0.05) is 16.8 Å². The third kappa shape index (κ3) is 5.50. The van der Waals surface area contributed by atoms with E-state index in [1.54, 1.807) is 6.92 Å². The minimum atomic E-state index is -2.95. The average Bonchev–Trinajstić information content (AvgIpc) is 2.34. The maximum absolute atomic E-state index is 11.4. The van der Waals surface area contributed by atoms with E-state index in [9.17, 15) is 13.5 Å². The van der Waals surface area contributed by atoms with Gasteiger partial charge in [-0.2, -0.15) is 0 Å². The van der Waals surface area contributed by atoms with Gasteiger partial charge in [0.25, 0.3) is 0 Å². The lowest BCUT2D eigenvalue weighted by Gasteiger charge is -2.14. The second-order valence-corrected chi connectivity index (χ2v) is 7.80. The van der Waals surface area contributed by atoms with Crippen molar-refractivity contribution in [3.63, 3.8) is 0 Å². The van der Waals surface area contributed by atoms with Crippen molar-refractivity contribution in [1.82, 2.24) is 0 Å². The van der Waals surface area contributed by atoms with Crippen molar-refractivity contribution in [2.24, 2.45) is 5.92 Å². The SMILES string of the molecule is CCS(=O)(=O)CCC(CO)Cc1cccc(Br)c1. The molecular weight excluding hydrogens is 316 g/mol.